The lowest BCUT2D eigenvalue weighted by molar-refractivity contribution is 0.645. The van der Waals surface area contributed by atoms with Gasteiger partial charge in [0.25, 0.3) is 0 Å². The van der Waals surface area contributed by atoms with Crippen LogP contribution in [0.1, 0.15) is 30.7 Å². The van der Waals surface area contributed by atoms with Crippen LogP contribution < -0.4 is 0 Å². The number of aromatic nitrogens is 1. The molecule has 1 heterocycles. The highest BCUT2D eigenvalue weighted by Gasteiger charge is 2.04. The molecule has 1 rings (SSSR count). The van der Waals surface area contributed by atoms with Crippen molar-refractivity contribution in [2.75, 3.05) is 0 Å². The molecule has 0 aliphatic rings. The highest BCUT2D eigenvalue weighted by molar-refractivity contribution is 5.36. The Morgan fingerprint density at radius 1 is 1.54 bits per heavy atom. The van der Waals surface area contributed by atoms with Gasteiger partial charge in [-0.05, 0) is 30.9 Å². The molecule has 0 spiro atoms. The van der Waals surface area contributed by atoms with Crippen molar-refractivity contribution >= 4 is 0 Å². The van der Waals surface area contributed by atoms with E-state index in [1.54, 1.807) is 6.20 Å². The molecule has 0 N–H and O–H groups in total. The van der Waals surface area contributed by atoms with E-state index < -0.39 is 0 Å². The minimum atomic E-state index is 0.578. The van der Waals surface area contributed by atoms with Crippen molar-refractivity contribution in [3.8, 4) is 6.07 Å². The van der Waals surface area contributed by atoms with Crippen molar-refractivity contribution in [1.29, 1.82) is 5.26 Å². The van der Waals surface area contributed by atoms with Gasteiger partial charge in [0, 0.05) is 11.9 Å². The molecule has 0 atom stereocenters. The van der Waals surface area contributed by atoms with Gasteiger partial charge in [-0.1, -0.05) is 13.8 Å². The van der Waals surface area contributed by atoms with Crippen molar-refractivity contribution < 1.29 is 0 Å². The van der Waals surface area contributed by atoms with Crippen molar-refractivity contribution in [1.82, 2.24) is 4.98 Å². The maximum Gasteiger partial charge on any atom is 0.101 e. The molecule has 0 radical (unpaired) electrons. The lowest BCUT2D eigenvalue weighted by Crippen LogP contribution is -1.99. The molecule has 0 fully saturated rings. The number of pyridine rings is 1. The van der Waals surface area contributed by atoms with Crippen LogP contribution in [0.15, 0.2) is 12.3 Å². The number of nitrogens with zero attached hydrogens (tertiary/aromatic N) is 2. The number of hydrogen-bond acceptors (Lipinski definition) is 2. The monoisotopic (exact) mass is 174 g/mol. The number of nitriles is 1. The molecule has 2 nitrogen and oxygen atoms in total. The summed E-state index contributed by atoms with van der Waals surface area (Å²) in [4.78, 5) is 4.10. The van der Waals surface area contributed by atoms with Gasteiger partial charge in [0.1, 0.15) is 6.07 Å². The standard InChI is InChI=1S/C11H14N2/c1-8(2)4-10-5-9(3)13-7-11(10)6-12/h5,7-8H,4H2,1-3H3. The molecule has 0 amide bonds. The second-order valence-electron chi connectivity index (χ2n) is 3.69. The first-order valence-electron chi connectivity index (χ1n) is 4.49. The predicted octanol–water partition coefficient (Wildman–Crippen LogP) is 2.46. The zero-order chi connectivity index (χ0) is 9.84. The normalized spacial score (nSPS) is 10.1. The topological polar surface area (TPSA) is 36.7 Å². The first-order valence-corrected chi connectivity index (χ1v) is 4.49. The molecule has 0 bridgehead atoms. The second kappa shape index (κ2) is 4.04. The minimum Gasteiger partial charge on any atom is -0.260 e. The van der Waals surface area contributed by atoms with Gasteiger partial charge >= 0.3 is 0 Å². The smallest absolute Gasteiger partial charge is 0.101 e. The number of hydrogen-bond donors (Lipinski definition) is 0. The Balaban J connectivity index is 3.03. The average Bonchev–Trinajstić information content (AvgIpc) is 2.03. The molecule has 68 valence electrons. The molecule has 2 heteroatoms. The highest BCUT2D eigenvalue weighted by atomic mass is 14.7. The van der Waals surface area contributed by atoms with Gasteiger partial charge < -0.3 is 0 Å². The van der Waals surface area contributed by atoms with Gasteiger partial charge in [-0.3, -0.25) is 4.98 Å². The molecule has 0 aliphatic heterocycles. The summed E-state index contributed by atoms with van der Waals surface area (Å²) < 4.78 is 0. The first kappa shape index (κ1) is 9.73. The van der Waals surface area contributed by atoms with E-state index in [0.717, 1.165) is 17.7 Å². The van der Waals surface area contributed by atoms with Crippen LogP contribution in [-0.2, 0) is 6.42 Å². The fourth-order valence-corrected chi connectivity index (χ4v) is 1.33. The summed E-state index contributed by atoms with van der Waals surface area (Å²) in [6.45, 7) is 6.25. The highest BCUT2D eigenvalue weighted by Crippen LogP contribution is 2.13. The van der Waals surface area contributed by atoms with E-state index in [1.807, 2.05) is 13.0 Å². The van der Waals surface area contributed by atoms with Crippen LogP contribution in [0.5, 0.6) is 0 Å². The van der Waals surface area contributed by atoms with Crippen molar-refractivity contribution in [2.24, 2.45) is 5.92 Å². The Labute approximate surface area is 79.2 Å². The van der Waals surface area contributed by atoms with E-state index in [9.17, 15) is 0 Å². The van der Waals surface area contributed by atoms with Crippen LogP contribution in [0, 0.1) is 24.2 Å². The van der Waals surface area contributed by atoms with Crippen molar-refractivity contribution in [2.45, 2.75) is 27.2 Å². The van der Waals surface area contributed by atoms with Crippen LogP contribution in [0.2, 0.25) is 0 Å². The molecular formula is C11H14N2. The Bertz CT molecular complexity index is 334. The van der Waals surface area contributed by atoms with E-state index in [0.29, 0.717) is 11.5 Å². The summed E-state index contributed by atoms with van der Waals surface area (Å²) in [6.07, 6.45) is 2.61. The third kappa shape index (κ3) is 2.55. The molecule has 0 saturated carbocycles. The molecule has 0 aromatic carbocycles. The SMILES string of the molecule is Cc1cc(CC(C)C)c(C#N)cn1. The molecule has 0 aliphatic carbocycles. The fraction of sp³-hybridized carbons (Fsp3) is 0.455. The maximum atomic E-state index is 8.83. The van der Waals surface area contributed by atoms with Crippen LogP contribution >= 0.6 is 0 Å². The Hall–Kier alpha value is -1.36. The van der Waals surface area contributed by atoms with Crippen LogP contribution in [0.3, 0.4) is 0 Å². The van der Waals surface area contributed by atoms with Crippen molar-refractivity contribution in [3.05, 3.63) is 29.1 Å². The van der Waals surface area contributed by atoms with Crippen LogP contribution in [-0.4, -0.2) is 4.98 Å². The van der Waals surface area contributed by atoms with E-state index in [4.69, 9.17) is 5.26 Å². The lowest BCUT2D eigenvalue weighted by Gasteiger charge is -2.06. The van der Waals surface area contributed by atoms with Gasteiger partial charge in [-0.2, -0.15) is 5.26 Å². The summed E-state index contributed by atoms with van der Waals surface area (Å²) in [5.41, 5.74) is 2.80. The third-order valence-electron chi connectivity index (χ3n) is 1.87. The summed E-state index contributed by atoms with van der Waals surface area (Å²) in [5, 5.41) is 8.83. The fourth-order valence-electron chi connectivity index (χ4n) is 1.33. The molecular weight excluding hydrogens is 160 g/mol. The number of aryl methyl sites for hydroxylation is 1. The van der Waals surface area contributed by atoms with Crippen molar-refractivity contribution in [3.63, 3.8) is 0 Å². The van der Waals surface area contributed by atoms with E-state index in [-0.39, 0.29) is 0 Å². The zero-order valence-corrected chi connectivity index (χ0v) is 8.33. The summed E-state index contributed by atoms with van der Waals surface area (Å²) in [7, 11) is 0. The first-order chi connectivity index (χ1) is 6.13. The van der Waals surface area contributed by atoms with Crippen LogP contribution in [0.25, 0.3) is 0 Å². The molecule has 13 heavy (non-hydrogen) atoms. The summed E-state index contributed by atoms with van der Waals surface area (Å²) >= 11 is 0. The molecule has 0 unspecified atom stereocenters. The summed E-state index contributed by atoms with van der Waals surface area (Å²) in [6, 6.07) is 4.16. The van der Waals surface area contributed by atoms with E-state index in [2.05, 4.69) is 24.9 Å². The Morgan fingerprint density at radius 3 is 2.77 bits per heavy atom. The largest absolute Gasteiger partial charge is 0.260 e. The maximum absolute atomic E-state index is 8.83. The minimum absolute atomic E-state index is 0.578. The Morgan fingerprint density at radius 2 is 2.23 bits per heavy atom. The Kier molecular flexibility index (Phi) is 3.02. The van der Waals surface area contributed by atoms with E-state index in [1.165, 1.54) is 0 Å². The van der Waals surface area contributed by atoms with E-state index >= 15 is 0 Å². The lowest BCUT2D eigenvalue weighted by atomic mass is 9.99. The van der Waals surface area contributed by atoms with Gasteiger partial charge in [0.05, 0.1) is 5.56 Å². The predicted molar refractivity (Wildman–Crippen MR) is 52.2 cm³/mol. The molecule has 1 aromatic rings. The zero-order valence-electron chi connectivity index (χ0n) is 8.33. The summed E-state index contributed by atoms with van der Waals surface area (Å²) in [5.74, 6) is 0.578. The van der Waals surface area contributed by atoms with Gasteiger partial charge in [-0.15, -0.1) is 0 Å². The van der Waals surface area contributed by atoms with Gasteiger partial charge in [0.15, 0.2) is 0 Å². The van der Waals surface area contributed by atoms with Crippen LogP contribution in [0.4, 0.5) is 0 Å². The molecule has 0 saturated heterocycles. The third-order valence-corrected chi connectivity index (χ3v) is 1.87. The second-order valence-corrected chi connectivity index (χ2v) is 3.69. The van der Waals surface area contributed by atoms with Gasteiger partial charge in [-0.25, -0.2) is 0 Å². The average molecular weight is 174 g/mol. The number of rotatable bonds is 2. The molecule has 1 aromatic heterocycles. The van der Waals surface area contributed by atoms with Gasteiger partial charge in [0.2, 0.25) is 0 Å². The quantitative estimate of drug-likeness (QED) is 0.690.